The third kappa shape index (κ3) is 24.0. The van der Waals surface area contributed by atoms with Crippen molar-refractivity contribution in [3.63, 3.8) is 0 Å². The lowest BCUT2D eigenvalue weighted by Crippen LogP contribution is -2.37. The molecule has 0 saturated heterocycles. The van der Waals surface area contributed by atoms with Crippen molar-refractivity contribution < 1.29 is 28.5 Å². The lowest BCUT2D eigenvalue weighted by molar-refractivity contribution is -0.141. The van der Waals surface area contributed by atoms with Crippen LogP contribution < -0.4 is 0 Å². The Hall–Kier alpha value is -1.44. The minimum absolute atomic E-state index is 0.103. The largest absolute Gasteiger partial charge is 0.469 e. The fraction of sp³-hybridized carbons (Fsp3) is 0.857. The van der Waals surface area contributed by atoms with Gasteiger partial charge in [0.25, 0.3) is 0 Å². The molecule has 0 amide bonds. The van der Waals surface area contributed by atoms with Gasteiger partial charge in [0, 0.05) is 26.1 Å². The Balaban J connectivity index is 3.46. The summed E-state index contributed by atoms with van der Waals surface area (Å²) in [6.07, 6.45) is 20.2. The Bertz CT molecular complexity index is 524. The number of hydrogen-bond donors (Lipinski definition) is 0. The van der Waals surface area contributed by atoms with E-state index < -0.39 is 0 Å². The van der Waals surface area contributed by atoms with Crippen molar-refractivity contribution in [1.82, 2.24) is 4.90 Å². The van der Waals surface area contributed by atoms with Gasteiger partial charge in [-0.2, -0.15) is 0 Å². The van der Waals surface area contributed by atoms with Crippen molar-refractivity contribution in [3.8, 4) is 0 Å². The number of ether oxygens (including phenoxy) is 4. The van der Waals surface area contributed by atoms with E-state index in [4.69, 9.17) is 9.47 Å². The Labute approximate surface area is 214 Å². The predicted molar refractivity (Wildman–Crippen MR) is 142 cm³/mol. The van der Waals surface area contributed by atoms with Crippen LogP contribution in [0.5, 0.6) is 0 Å². The molecule has 0 saturated carbocycles. The second-order valence-electron chi connectivity index (χ2n) is 9.36. The van der Waals surface area contributed by atoms with Crippen molar-refractivity contribution >= 4 is 11.9 Å². The highest BCUT2D eigenvalue weighted by atomic mass is 16.5. The molecule has 0 aromatic carbocycles. The van der Waals surface area contributed by atoms with Crippen LogP contribution in [0.25, 0.3) is 0 Å². The molecule has 0 aliphatic rings. The number of nitrogens with zero attached hydrogens (tertiary/aromatic N) is 1. The smallest absolute Gasteiger partial charge is 0.305 e. The van der Waals surface area contributed by atoms with E-state index in [9.17, 15) is 9.59 Å². The first-order valence-electron chi connectivity index (χ1n) is 13.6. The van der Waals surface area contributed by atoms with E-state index in [1.54, 1.807) is 0 Å². The summed E-state index contributed by atoms with van der Waals surface area (Å²) in [5, 5.41) is 0. The summed E-state index contributed by atoms with van der Waals surface area (Å²) >= 11 is 0. The van der Waals surface area contributed by atoms with E-state index in [-0.39, 0.29) is 18.0 Å². The average molecular weight is 500 g/mol. The SMILES string of the molecule is COC(=O)CCCCC/C=C\CCCCCCCCOCC(COCCCCC(=O)OC)N(C)C. The van der Waals surface area contributed by atoms with Crippen LogP contribution in [0.1, 0.15) is 96.3 Å². The van der Waals surface area contributed by atoms with E-state index in [1.807, 2.05) is 0 Å². The minimum Gasteiger partial charge on any atom is -0.469 e. The summed E-state index contributed by atoms with van der Waals surface area (Å²) < 4.78 is 20.9. The fourth-order valence-corrected chi connectivity index (χ4v) is 3.58. The van der Waals surface area contributed by atoms with Gasteiger partial charge < -0.3 is 23.8 Å². The monoisotopic (exact) mass is 499 g/mol. The maximum atomic E-state index is 11.1. The van der Waals surface area contributed by atoms with Gasteiger partial charge in [0.2, 0.25) is 0 Å². The Morgan fingerprint density at radius 1 is 0.629 bits per heavy atom. The maximum Gasteiger partial charge on any atom is 0.305 e. The van der Waals surface area contributed by atoms with Crippen molar-refractivity contribution in [1.29, 1.82) is 0 Å². The lowest BCUT2D eigenvalue weighted by Gasteiger charge is -2.24. The van der Waals surface area contributed by atoms with Gasteiger partial charge in [-0.1, -0.05) is 44.3 Å². The molecule has 1 unspecified atom stereocenters. The zero-order valence-electron chi connectivity index (χ0n) is 23.1. The molecule has 0 aromatic rings. The Morgan fingerprint density at radius 2 is 1.03 bits per heavy atom. The summed E-state index contributed by atoms with van der Waals surface area (Å²) in [6.45, 7) is 2.81. The second kappa shape index (κ2) is 25.6. The zero-order chi connectivity index (χ0) is 26.0. The van der Waals surface area contributed by atoms with Gasteiger partial charge in [0.1, 0.15) is 0 Å². The molecule has 0 aliphatic carbocycles. The molecule has 0 rings (SSSR count). The van der Waals surface area contributed by atoms with Crippen LogP contribution >= 0.6 is 0 Å². The van der Waals surface area contributed by atoms with Gasteiger partial charge in [0.15, 0.2) is 0 Å². The van der Waals surface area contributed by atoms with Gasteiger partial charge >= 0.3 is 11.9 Å². The van der Waals surface area contributed by atoms with Crippen LogP contribution in [0.15, 0.2) is 12.2 Å². The molecule has 0 radical (unpaired) electrons. The number of esters is 2. The number of likely N-dealkylation sites (N-methyl/N-ethyl adjacent to an activating group) is 1. The molecular weight excluding hydrogens is 446 g/mol. The van der Waals surface area contributed by atoms with E-state index in [1.165, 1.54) is 52.7 Å². The molecule has 1 atom stereocenters. The van der Waals surface area contributed by atoms with Gasteiger partial charge in [-0.05, 0) is 65.5 Å². The summed E-state index contributed by atoms with van der Waals surface area (Å²) in [7, 11) is 6.97. The van der Waals surface area contributed by atoms with Crippen LogP contribution in [0.4, 0.5) is 0 Å². The molecule has 0 bridgehead atoms. The number of allylic oxidation sites excluding steroid dienone is 2. The minimum atomic E-state index is -0.158. The normalized spacial score (nSPS) is 12.4. The Kier molecular flexibility index (Phi) is 24.6. The van der Waals surface area contributed by atoms with Crippen LogP contribution in [-0.2, 0) is 28.5 Å². The maximum absolute atomic E-state index is 11.1. The first-order chi connectivity index (χ1) is 17.0. The quantitative estimate of drug-likeness (QED) is 0.0905. The number of carbonyl (C=O) groups excluding carboxylic acids is 2. The van der Waals surface area contributed by atoms with Crippen molar-refractivity contribution in [2.24, 2.45) is 0 Å². The molecule has 7 heteroatoms. The highest BCUT2D eigenvalue weighted by Crippen LogP contribution is 2.09. The first kappa shape index (κ1) is 33.6. The number of rotatable bonds is 25. The third-order valence-corrected chi connectivity index (χ3v) is 6.05. The van der Waals surface area contributed by atoms with Crippen LogP contribution in [-0.4, -0.2) is 77.6 Å². The van der Waals surface area contributed by atoms with E-state index >= 15 is 0 Å². The fourth-order valence-electron chi connectivity index (χ4n) is 3.58. The average Bonchev–Trinajstić information content (AvgIpc) is 2.85. The Morgan fingerprint density at radius 3 is 1.51 bits per heavy atom. The van der Waals surface area contributed by atoms with Crippen LogP contribution in [0.2, 0.25) is 0 Å². The molecule has 7 nitrogen and oxygen atoms in total. The van der Waals surface area contributed by atoms with Crippen molar-refractivity contribution in [2.75, 3.05) is 54.7 Å². The number of carbonyl (C=O) groups is 2. The summed E-state index contributed by atoms with van der Waals surface area (Å²) in [5.74, 6) is -0.260. The molecule has 0 heterocycles. The molecule has 0 fully saturated rings. The number of unbranched alkanes of at least 4 members (excludes halogenated alkanes) is 10. The molecule has 35 heavy (non-hydrogen) atoms. The van der Waals surface area contributed by atoms with Crippen molar-refractivity contribution in [3.05, 3.63) is 12.2 Å². The molecular formula is C28H53NO6. The van der Waals surface area contributed by atoms with E-state index in [2.05, 4.69) is 40.6 Å². The van der Waals surface area contributed by atoms with E-state index in [0.29, 0.717) is 32.7 Å². The summed E-state index contributed by atoms with van der Waals surface area (Å²) in [5.41, 5.74) is 0. The topological polar surface area (TPSA) is 74.3 Å². The van der Waals surface area contributed by atoms with Gasteiger partial charge in [-0.25, -0.2) is 0 Å². The van der Waals surface area contributed by atoms with Crippen molar-refractivity contribution in [2.45, 2.75) is 102 Å². The zero-order valence-corrected chi connectivity index (χ0v) is 23.1. The van der Waals surface area contributed by atoms with Gasteiger partial charge in [-0.3, -0.25) is 9.59 Å². The number of methoxy groups -OCH3 is 2. The third-order valence-electron chi connectivity index (χ3n) is 6.05. The molecule has 206 valence electrons. The van der Waals surface area contributed by atoms with Gasteiger partial charge in [-0.15, -0.1) is 0 Å². The first-order valence-corrected chi connectivity index (χ1v) is 13.6. The predicted octanol–water partition coefficient (Wildman–Crippen LogP) is 5.70. The molecule has 0 aliphatic heterocycles. The van der Waals surface area contributed by atoms with Gasteiger partial charge in [0.05, 0.1) is 33.5 Å². The summed E-state index contributed by atoms with van der Waals surface area (Å²) in [4.78, 5) is 24.3. The molecule has 0 N–H and O–H groups in total. The molecule has 0 aromatic heterocycles. The van der Waals surface area contributed by atoms with Crippen LogP contribution in [0.3, 0.4) is 0 Å². The second-order valence-corrected chi connectivity index (χ2v) is 9.36. The van der Waals surface area contributed by atoms with Crippen LogP contribution in [0, 0.1) is 0 Å². The highest BCUT2D eigenvalue weighted by Gasteiger charge is 2.12. The molecule has 0 spiro atoms. The number of hydrogen-bond acceptors (Lipinski definition) is 7. The van der Waals surface area contributed by atoms with E-state index in [0.717, 1.165) is 51.6 Å². The summed E-state index contributed by atoms with van der Waals surface area (Å²) in [6, 6.07) is 0.253. The lowest BCUT2D eigenvalue weighted by atomic mass is 10.1. The standard InChI is InChI=1S/C28H53NO6/c1-29(2)26(25-35-23-19-17-21-28(31)33-4)24-34-22-18-15-13-11-9-7-5-6-8-10-12-14-16-20-27(30)32-3/h6,8,26H,5,7,9-25H2,1-4H3/b8-6-. The highest BCUT2D eigenvalue weighted by molar-refractivity contribution is 5.69.